The van der Waals surface area contributed by atoms with Gasteiger partial charge in [0.15, 0.2) is 11.5 Å². The van der Waals surface area contributed by atoms with E-state index in [1.807, 2.05) is 12.1 Å². The maximum Gasteiger partial charge on any atom is 0.407 e. The number of carbonyl (C=O) groups is 1. The highest BCUT2D eigenvalue weighted by Gasteiger charge is 2.22. The van der Waals surface area contributed by atoms with Crippen LogP contribution in [0, 0.1) is 3.57 Å². The Hall–Kier alpha value is -0.310. The van der Waals surface area contributed by atoms with E-state index in [1.165, 1.54) is 0 Å². The van der Waals surface area contributed by atoms with Crippen LogP contribution in [-0.2, 0) is 11.2 Å². The Bertz CT molecular complexity index is 536. The third-order valence-electron chi connectivity index (χ3n) is 2.57. The number of benzene rings is 1. The van der Waals surface area contributed by atoms with Crippen LogP contribution in [0.5, 0.6) is 11.5 Å². The van der Waals surface area contributed by atoms with Gasteiger partial charge in [0.2, 0.25) is 10.6 Å². The summed E-state index contributed by atoms with van der Waals surface area (Å²) < 4.78 is 14.8. The van der Waals surface area contributed by atoms with Crippen molar-refractivity contribution in [2.45, 2.75) is 10.2 Å². The standard InChI is InChI=1S/C12H11Cl3INO4/c13-12(14,15)5-19-11(18)17-2-1-7-3-9-10(4-8(7)16)21-6-20-9/h3-4H,1-2,5-6H2,(H,17,18). The van der Waals surface area contributed by atoms with Crippen LogP contribution < -0.4 is 14.8 Å². The molecule has 0 spiro atoms. The molecule has 1 aliphatic rings. The molecule has 1 N–H and O–H groups in total. The molecule has 0 bridgehead atoms. The van der Waals surface area contributed by atoms with E-state index in [4.69, 9.17) is 49.0 Å². The van der Waals surface area contributed by atoms with Crippen molar-refractivity contribution in [3.63, 3.8) is 0 Å². The van der Waals surface area contributed by atoms with Gasteiger partial charge in [-0.25, -0.2) is 4.79 Å². The molecular weight excluding hydrogens is 455 g/mol. The van der Waals surface area contributed by atoms with Gasteiger partial charge in [0.1, 0.15) is 6.61 Å². The first kappa shape index (κ1) is 17.1. The fraction of sp³-hybridized carbons (Fsp3) is 0.417. The number of alkyl halides is 3. The summed E-state index contributed by atoms with van der Waals surface area (Å²) in [5.74, 6) is 1.45. The number of amides is 1. The van der Waals surface area contributed by atoms with E-state index in [9.17, 15) is 4.79 Å². The number of nitrogens with one attached hydrogen (secondary N) is 1. The molecule has 0 saturated heterocycles. The first-order chi connectivity index (χ1) is 9.85. The summed E-state index contributed by atoms with van der Waals surface area (Å²) in [6.45, 7) is 0.329. The van der Waals surface area contributed by atoms with E-state index in [0.29, 0.717) is 18.7 Å². The highest BCUT2D eigenvalue weighted by atomic mass is 127. The lowest BCUT2D eigenvalue weighted by molar-refractivity contribution is 0.148. The molecule has 116 valence electrons. The second kappa shape index (κ2) is 7.30. The Morgan fingerprint density at radius 2 is 2.00 bits per heavy atom. The minimum atomic E-state index is -1.61. The summed E-state index contributed by atoms with van der Waals surface area (Å²) in [6, 6.07) is 3.80. The minimum Gasteiger partial charge on any atom is -0.454 e. The van der Waals surface area contributed by atoms with Crippen molar-refractivity contribution < 1.29 is 19.0 Å². The van der Waals surface area contributed by atoms with Crippen LogP contribution in [0.2, 0.25) is 0 Å². The second-order valence-electron chi connectivity index (χ2n) is 4.16. The van der Waals surface area contributed by atoms with Crippen molar-refractivity contribution in [3.05, 3.63) is 21.3 Å². The van der Waals surface area contributed by atoms with Gasteiger partial charge in [0, 0.05) is 10.1 Å². The predicted octanol–water partition coefficient (Wildman–Crippen LogP) is 3.66. The molecule has 0 fully saturated rings. The number of ether oxygens (including phenoxy) is 3. The second-order valence-corrected chi connectivity index (χ2v) is 7.84. The first-order valence-electron chi connectivity index (χ1n) is 5.90. The highest BCUT2D eigenvalue weighted by Crippen LogP contribution is 2.35. The molecule has 1 aliphatic heterocycles. The van der Waals surface area contributed by atoms with Gasteiger partial charge in [-0.15, -0.1) is 0 Å². The number of hydrogen-bond donors (Lipinski definition) is 1. The minimum absolute atomic E-state index is 0.233. The van der Waals surface area contributed by atoms with Gasteiger partial charge in [-0.3, -0.25) is 0 Å². The molecule has 1 aromatic carbocycles. The maximum atomic E-state index is 11.4. The summed E-state index contributed by atoms with van der Waals surface area (Å²) in [5, 5.41) is 2.59. The normalized spacial score (nSPS) is 13.1. The average Bonchev–Trinajstić information content (AvgIpc) is 2.83. The van der Waals surface area contributed by atoms with Gasteiger partial charge in [-0.2, -0.15) is 0 Å². The van der Waals surface area contributed by atoms with Crippen molar-refractivity contribution >= 4 is 63.5 Å². The average molecular weight is 466 g/mol. The summed E-state index contributed by atoms with van der Waals surface area (Å²) in [6.07, 6.45) is -0.00491. The van der Waals surface area contributed by atoms with Gasteiger partial charge in [0.05, 0.1) is 0 Å². The van der Waals surface area contributed by atoms with Crippen molar-refractivity contribution in [1.82, 2.24) is 5.32 Å². The van der Waals surface area contributed by atoms with Crippen LogP contribution in [0.4, 0.5) is 4.79 Å². The molecule has 0 saturated carbocycles. The molecular formula is C12H11Cl3INO4. The van der Waals surface area contributed by atoms with Crippen LogP contribution in [0.3, 0.4) is 0 Å². The van der Waals surface area contributed by atoms with Crippen LogP contribution in [0.25, 0.3) is 0 Å². The lowest BCUT2D eigenvalue weighted by atomic mass is 10.1. The summed E-state index contributed by atoms with van der Waals surface area (Å²) in [4.78, 5) is 11.4. The molecule has 5 nitrogen and oxygen atoms in total. The number of rotatable bonds is 4. The molecule has 0 radical (unpaired) electrons. The van der Waals surface area contributed by atoms with Gasteiger partial charge in [0.25, 0.3) is 0 Å². The van der Waals surface area contributed by atoms with Crippen LogP contribution in [0.1, 0.15) is 5.56 Å². The fourth-order valence-electron chi connectivity index (χ4n) is 1.65. The van der Waals surface area contributed by atoms with Crippen LogP contribution >= 0.6 is 57.4 Å². The number of halogens is 4. The van der Waals surface area contributed by atoms with Gasteiger partial charge < -0.3 is 19.5 Å². The number of hydrogen-bond acceptors (Lipinski definition) is 4. The van der Waals surface area contributed by atoms with E-state index < -0.39 is 9.89 Å². The Morgan fingerprint density at radius 3 is 2.67 bits per heavy atom. The van der Waals surface area contributed by atoms with Gasteiger partial charge >= 0.3 is 6.09 Å². The van der Waals surface area contributed by atoms with Gasteiger partial charge in [-0.1, -0.05) is 34.8 Å². The van der Waals surface area contributed by atoms with E-state index in [1.54, 1.807) is 0 Å². The Kier molecular flexibility index (Phi) is 5.93. The Balaban J connectivity index is 1.80. The maximum absolute atomic E-state index is 11.4. The number of carbonyl (C=O) groups excluding carboxylic acids is 1. The third kappa shape index (κ3) is 5.43. The van der Waals surface area contributed by atoms with Crippen LogP contribution in [-0.4, -0.2) is 29.8 Å². The summed E-state index contributed by atoms with van der Waals surface area (Å²) >= 11 is 18.6. The smallest absolute Gasteiger partial charge is 0.407 e. The molecule has 1 amide bonds. The number of fused-ring (bicyclic) bond motifs is 1. The Labute approximate surface area is 150 Å². The molecule has 2 rings (SSSR count). The fourth-order valence-corrected chi connectivity index (χ4v) is 2.52. The molecule has 0 atom stereocenters. The van der Waals surface area contributed by atoms with Crippen molar-refractivity contribution in [3.8, 4) is 11.5 Å². The van der Waals surface area contributed by atoms with Crippen molar-refractivity contribution in [2.75, 3.05) is 19.9 Å². The van der Waals surface area contributed by atoms with E-state index in [0.717, 1.165) is 14.9 Å². The highest BCUT2D eigenvalue weighted by molar-refractivity contribution is 14.1. The third-order valence-corrected chi connectivity index (χ3v) is 3.90. The molecule has 21 heavy (non-hydrogen) atoms. The summed E-state index contributed by atoms with van der Waals surface area (Å²) in [7, 11) is 0. The molecule has 9 heteroatoms. The Morgan fingerprint density at radius 1 is 1.33 bits per heavy atom. The lowest BCUT2D eigenvalue weighted by Crippen LogP contribution is -2.29. The molecule has 0 aromatic heterocycles. The molecule has 1 heterocycles. The zero-order chi connectivity index (χ0) is 15.5. The molecule has 0 aliphatic carbocycles. The van der Waals surface area contributed by atoms with Crippen LogP contribution in [0.15, 0.2) is 12.1 Å². The largest absolute Gasteiger partial charge is 0.454 e. The molecule has 1 aromatic rings. The zero-order valence-electron chi connectivity index (χ0n) is 10.6. The van der Waals surface area contributed by atoms with E-state index in [-0.39, 0.29) is 13.4 Å². The van der Waals surface area contributed by atoms with E-state index in [2.05, 4.69) is 27.9 Å². The number of alkyl carbamates (subject to hydrolysis) is 1. The monoisotopic (exact) mass is 465 g/mol. The molecule has 0 unspecified atom stereocenters. The first-order valence-corrected chi connectivity index (χ1v) is 8.12. The van der Waals surface area contributed by atoms with Gasteiger partial charge in [-0.05, 0) is 46.7 Å². The van der Waals surface area contributed by atoms with E-state index >= 15 is 0 Å². The summed E-state index contributed by atoms with van der Waals surface area (Å²) in [5.41, 5.74) is 1.04. The lowest BCUT2D eigenvalue weighted by Gasteiger charge is -2.12. The topological polar surface area (TPSA) is 56.8 Å². The quantitative estimate of drug-likeness (QED) is 0.544. The van der Waals surface area contributed by atoms with Crippen molar-refractivity contribution in [1.29, 1.82) is 0 Å². The zero-order valence-corrected chi connectivity index (χ0v) is 15.1. The SMILES string of the molecule is O=C(NCCc1cc2c(cc1I)OCO2)OCC(Cl)(Cl)Cl. The predicted molar refractivity (Wildman–Crippen MR) is 88.6 cm³/mol. The van der Waals surface area contributed by atoms with Crippen molar-refractivity contribution in [2.24, 2.45) is 0 Å².